The summed E-state index contributed by atoms with van der Waals surface area (Å²) in [5, 5.41) is 22.5. The molecule has 0 atom stereocenters. The van der Waals surface area contributed by atoms with E-state index in [1.54, 1.807) is 0 Å². The van der Waals surface area contributed by atoms with Crippen LogP contribution in [-0.4, -0.2) is 35.8 Å². The zero-order valence-electron chi connectivity index (χ0n) is 9.88. The van der Waals surface area contributed by atoms with Crippen LogP contribution in [0.1, 0.15) is 17.3 Å². The molecule has 7 heteroatoms. The normalized spacial score (nSPS) is 10.1. The lowest BCUT2D eigenvalue weighted by molar-refractivity contribution is -0.385. The molecule has 1 aromatic carbocycles. The van der Waals surface area contributed by atoms with Crippen LogP contribution < -0.4 is 5.32 Å². The number of nitro benzene ring substituents is 1. The molecule has 0 spiro atoms. The van der Waals surface area contributed by atoms with Gasteiger partial charge in [0.2, 0.25) is 0 Å². The van der Waals surface area contributed by atoms with E-state index in [2.05, 4.69) is 5.32 Å². The van der Waals surface area contributed by atoms with Crippen molar-refractivity contribution in [2.45, 2.75) is 6.92 Å². The predicted octanol–water partition coefficient (Wildman–Crippen LogP) is 1.74. The summed E-state index contributed by atoms with van der Waals surface area (Å²) in [4.78, 5) is 20.8. The van der Waals surface area contributed by atoms with Crippen molar-refractivity contribution < 1.29 is 19.6 Å². The standard InChI is InChI=1S/C11H14N2O5/c1-2-18-6-5-12-8-3-4-9(11(14)15)10(7-8)13(16)17/h3-4,7,12H,2,5-6H2,1H3,(H,14,15). The Balaban J connectivity index is 2.80. The van der Waals surface area contributed by atoms with Gasteiger partial charge < -0.3 is 15.2 Å². The van der Waals surface area contributed by atoms with Crippen molar-refractivity contribution in [3.8, 4) is 0 Å². The van der Waals surface area contributed by atoms with Gasteiger partial charge in [-0.15, -0.1) is 0 Å². The minimum absolute atomic E-state index is 0.324. The molecule has 0 radical (unpaired) electrons. The molecule has 7 nitrogen and oxygen atoms in total. The maximum absolute atomic E-state index is 10.8. The Morgan fingerprint density at radius 1 is 1.56 bits per heavy atom. The van der Waals surface area contributed by atoms with Crippen LogP contribution in [0.2, 0.25) is 0 Å². The van der Waals surface area contributed by atoms with Gasteiger partial charge in [0.25, 0.3) is 5.69 Å². The topological polar surface area (TPSA) is 102 Å². The molecule has 0 aromatic heterocycles. The van der Waals surface area contributed by atoms with Gasteiger partial charge in [0.1, 0.15) is 5.56 Å². The minimum atomic E-state index is -1.32. The molecule has 0 unspecified atom stereocenters. The second-order valence-electron chi connectivity index (χ2n) is 3.42. The molecule has 1 aromatic rings. The van der Waals surface area contributed by atoms with Gasteiger partial charge in [-0.2, -0.15) is 0 Å². The first-order chi connectivity index (χ1) is 8.56. The third kappa shape index (κ3) is 3.70. The van der Waals surface area contributed by atoms with Gasteiger partial charge in [0.15, 0.2) is 0 Å². The lowest BCUT2D eigenvalue weighted by atomic mass is 10.1. The van der Waals surface area contributed by atoms with Crippen molar-refractivity contribution in [2.75, 3.05) is 25.1 Å². The molecular formula is C11H14N2O5. The highest BCUT2D eigenvalue weighted by Gasteiger charge is 2.19. The number of hydrogen-bond donors (Lipinski definition) is 2. The molecular weight excluding hydrogens is 240 g/mol. The lowest BCUT2D eigenvalue weighted by Crippen LogP contribution is -2.10. The highest BCUT2D eigenvalue weighted by molar-refractivity contribution is 5.93. The Morgan fingerprint density at radius 2 is 2.28 bits per heavy atom. The van der Waals surface area contributed by atoms with Crippen LogP contribution in [0.5, 0.6) is 0 Å². The van der Waals surface area contributed by atoms with Gasteiger partial charge in [-0.25, -0.2) is 4.79 Å². The summed E-state index contributed by atoms with van der Waals surface area (Å²) in [6.07, 6.45) is 0. The van der Waals surface area contributed by atoms with E-state index in [9.17, 15) is 14.9 Å². The second-order valence-corrected chi connectivity index (χ2v) is 3.42. The second kappa shape index (κ2) is 6.55. The molecule has 0 heterocycles. The number of nitro groups is 1. The first kappa shape index (κ1) is 13.9. The summed E-state index contributed by atoms with van der Waals surface area (Å²) in [5.41, 5.74) is -0.259. The zero-order valence-corrected chi connectivity index (χ0v) is 9.88. The number of benzene rings is 1. The summed E-state index contributed by atoms with van der Waals surface area (Å²) in [6, 6.07) is 3.90. The van der Waals surface area contributed by atoms with Crippen molar-refractivity contribution in [1.29, 1.82) is 0 Å². The van der Waals surface area contributed by atoms with E-state index >= 15 is 0 Å². The molecule has 0 amide bonds. The number of nitrogens with zero attached hydrogens (tertiary/aromatic N) is 1. The molecule has 0 aliphatic heterocycles. The SMILES string of the molecule is CCOCCNc1ccc(C(=O)O)c([N+](=O)[O-])c1. The maximum Gasteiger partial charge on any atom is 0.342 e. The third-order valence-corrected chi connectivity index (χ3v) is 2.20. The number of carbonyl (C=O) groups is 1. The lowest BCUT2D eigenvalue weighted by Gasteiger charge is -2.07. The van der Waals surface area contributed by atoms with Gasteiger partial charge in [-0.3, -0.25) is 10.1 Å². The number of anilines is 1. The van der Waals surface area contributed by atoms with Crippen LogP contribution in [0, 0.1) is 10.1 Å². The van der Waals surface area contributed by atoms with Crippen LogP contribution >= 0.6 is 0 Å². The highest BCUT2D eigenvalue weighted by atomic mass is 16.6. The fourth-order valence-corrected chi connectivity index (χ4v) is 1.39. The fraction of sp³-hybridized carbons (Fsp3) is 0.364. The molecule has 18 heavy (non-hydrogen) atoms. The fourth-order valence-electron chi connectivity index (χ4n) is 1.39. The minimum Gasteiger partial charge on any atom is -0.477 e. The van der Waals surface area contributed by atoms with E-state index in [1.807, 2.05) is 6.92 Å². The summed E-state index contributed by atoms with van der Waals surface area (Å²) in [6.45, 7) is 3.44. The molecule has 0 saturated carbocycles. The van der Waals surface area contributed by atoms with E-state index in [0.717, 1.165) is 0 Å². The Morgan fingerprint density at radius 3 is 2.83 bits per heavy atom. The number of rotatable bonds is 7. The molecule has 0 saturated heterocycles. The van der Waals surface area contributed by atoms with Gasteiger partial charge in [0.05, 0.1) is 11.5 Å². The summed E-state index contributed by atoms with van der Waals surface area (Å²) >= 11 is 0. The predicted molar refractivity (Wildman–Crippen MR) is 65.0 cm³/mol. The first-order valence-corrected chi connectivity index (χ1v) is 5.39. The molecule has 1 rings (SSSR count). The molecule has 0 bridgehead atoms. The number of nitrogens with one attached hydrogen (secondary N) is 1. The highest BCUT2D eigenvalue weighted by Crippen LogP contribution is 2.23. The van der Waals surface area contributed by atoms with E-state index in [0.29, 0.717) is 25.4 Å². The Bertz CT molecular complexity index is 447. The van der Waals surface area contributed by atoms with E-state index in [-0.39, 0.29) is 5.56 Å². The molecule has 0 fully saturated rings. The largest absolute Gasteiger partial charge is 0.477 e. The molecule has 0 aliphatic rings. The smallest absolute Gasteiger partial charge is 0.342 e. The number of hydrogen-bond acceptors (Lipinski definition) is 5. The summed E-state index contributed by atoms with van der Waals surface area (Å²) in [7, 11) is 0. The van der Waals surface area contributed by atoms with Gasteiger partial charge >= 0.3 is 5.97 Å². The van der Waals surface area contributed by atoms with Crippen molar-refractivity contribution in [2.24, 2.45) is 0 Å². The number of aromatic carboxylic acids is 1. The van der Waals surface area contributed by atoms with Crippen LogP contribution in [-0.2, 0) is 4.74 Å². The number of carboxylic acids is 1. The van der Waals surface area contributed by atoms with E-state index in [1.165, 1.54) is 18.2 Å². The number of ether oxygens (including phenoxy) is 1. The summed E-state index contributed by atoms with van der Waals surface area (Å²) in [5.74, 6) is -1.32. The van der Waals surface area contributed by atoms with Crippen LogP contribution in [0.4, 0.5) is 11.4 Å². The van der Waals surface area contributed by atoms with Crippen molar-refractivity contribution in [3.05, 3.63) is 33.9 Å². The van der Waals surface area contributed by atoms with Crippen molar-refractivity contribution >= 4 is 17.3 Å². The van der Waals surface area contributed by atoms with Crippen LogP contribution in [0.15, 0.2) is 18.2 Å². The van der Waals surface area contributed by atoms with Gasteiger partial charge in [0, 0.05) is 24.9 Å². The molecule has 0 aliphatic carbocycles. The quantitative estimate of drug-likeness (QED) is 0.436. The average Bonchev–Trinajstić information content (AvgIpc) is 2.34. The first-order valence-electron chi connectivity index (χ1n) is 5.39. The number of carboxylic acid groups (broad SMARTS) is 1. The van der Waals surface area contributed by atoms with E-state index in [4.69, 9.17) is 9.84 Å². The van der Waals surface area contributed by atoms with Gasteiger partial charge in [-0.05, 0) is 19.1 Å². The Labute approximate surface area is 104 Å². The molecule has 98 valence electrons. The molecule has 2 N–H and O–H groups in total. The van der Waals surface area contributed by atoms with Crippen molar-refractivity contribution in [1.82, 2.24) is 0 Å². The van der Waals surface area contributed by atoms with Gasteiger partial charge in [-0.1, -0.05) is 0 Å². The monoisotopic (exact) mass is 254 g/mol. The van der Waals surface area contributed by atoms with Crippen LogP contribution in [0.3, 0.4) is 0 Å². The average molecular weight is 254 g/mol. The van der Waals surface area contributed by atoms with Crippen LogP contribution in [0.25, 0.3) is 0 Å². The Hall–Kier alpha value is -2.15. The Kier molecular flexibility index (Phi) is 5.06. The van der Waals surface area contributed by atoms with E-state index < -0.39 is 16.6 Å². The summed E-state index contributed by atoms with van der Waals surface area (Å²) < 4.78 is 5.10. The third-order valence-electron chi connectivity index (χ3n) is 2.20. The zero-order chi connectivity index (χ0) is 13.5. The maximum atomic E-state index is 10.8. The van der Waals surface area contributed by atoms with Crippen molar-refractivity contribution in [3.63, 3.8) is 0 Å².